The van der Waals surface area contributed by atoms with Gasteiger partial charge in [0.2, 0.25) is 0 Å². The lowest BCUT2D eigenvalue weighted by atomic mass is 10.1. The van der Waals surface area contributed by atoms with E-state index in [1.807, 2.05) is 18.4 Å². The van der Waals surface area contributed by atoms with Crippen LogP contribution in [0.3, 0.4) is 0 Å². The van der Waals surface area contributed by atoms with E-state index in [9.17, 15) is 9.59 Å². The van der Waals surface area contributed by atoms with Crippen LogP contribution in [0, 0.1) is 6.92 Å². The maximum atomic E-state index is 11.7. The molecule has 0 heterocycles. The molecule has 0 saturated carbocycles. The van der Waals surface area contributed by atoms with Gasteiger partial charge < -0.3 is 4.74 Å². The molecule has 7 nitrogen and oxygen atoms in total. The predicted molar refractivity (Wildman–Crippen MR) is 91.3 cm³/mol. The molecule has 0 fully saturated rings. The number of anilines is 1. The van der Waals surface area contributed by atoms with Gasteiger partial charge in [0.15, 0.2) is 5.78 Å². The van der Waals surface area contributed by atoms with Gasteiger partial charge in [0, 0.05) is 11.1 Å². The van der Waals surface area contributed by atoms with Crippen molar-refractivity contribution in [3.8, 4) is 5.75 Å². The van der Waals surface area contributed by atoms with Crippen molar-refractivity contribution in [3.05, 3.63) is 59.2 Å². The largest absolute Gasteiger partial charge is 0.489 e. The second-order valence-corrected chi connectivity index (χ2v) is 5.26. The van der Waals surface area contributed by atoms with Crippen LogP contribution in [0.15, 0.2) is 42.5 Å². The highest BCUT2D eigenvalue weighted by Crippen LogP contribution is 2.24. The van der Waals surface area contributed by atoms with Crippen LogP contribution in [0.1, 0.15) is 28.4 Å². The third kappa shape index (κ3) is 3.89. The summed E-state index contributed by atoms with van der Waals surface area (Å²) in [5.41, 5.74) is 4.70. The average molecular weight is 328 g/mol. The minimum Gasteiger partial charge on any atom is -0.489 e. The summed E-state index contributed by atoms with van der Waals surface area (Å²) in [5, 5.41) is 0.928. The van der Waals surface area contributed by atoms with Crippen molar-refractivity contribution in [2.45, 2.75) is 20.5 Å². The number of aryl methyl sites for hydroxylation is 1. The average Bonchev–Trinajstić information content (AvgIpc) is 2.59. The van der Waals surface area contributed by atoms with Gasteiger partial charge in [-0.3, -0.25) is 10.2 Å². The number of ether oxygens (including phenoxy) is 1. The summed E-state index contributed by atoms with van der Waals surface area (Å²) in [7, 11) is 0. The van der Waals surface area contributed by atoms with Crippen LogP contribution in [0.2, 0.25) is 0 Å². The lowest BCUT2D eigenvalue weighted by Crippen LogP contribution is -2.48. The first-order valence-electron chi connectivity index (χ1n) is 7.31. The van der Waals surface area contributed by atoms with Crippen LogP contribution in [0.5, 0.6) is 5.75 Å². The highest BCUT2D eigenvalue weighted by molar-refractivity contribution is 5.94. The van der Waals surface area contributed by atoms with Gasteiger partial charge in [-0.25, -0.2) is 21.5 Å². The van der Waals surface area contributed by atoms with E-state index < -0.39 is 6.03 Å². The van der Waals surface area contributed by atoms with Crippen molar-refractivity contribution < 1.29 is 14.3 Å². The number of benzene rings is 2. The molecule has 0 atom stereocenters. The van der Waals surface area contributed by atoms with Gasteiger partial charge in [0.1, 0.15) is 12.4 Å². The Hall–Kier alpha value is -2.90. The summed E-state index contributed by atoms with van der Waals surface area (Å²) in [6.45, 7) is 3.58. The number of Topliss-reactive ketones (excluding diaryl/α,β-unsaturated/α-hetero) is 1. The highest BCUT2D eigenvalue weighted by atomic mass is 16.5. The first-order chi connectivity index (χ1) is 11.4. The number of hydrazine groups is 2. The Kier molecular flexibility index (Phi) is 5.51. The van der Waals surface area contributed by atoms with E-state index in [0.717, 1.165) is 16.1 Å². The number of urea groups is 1. The molecule has 0 aromatic heterocycles. The standard InChI is InChI=1S/C17H20N4O3/c1-11-5-3-8-16(21(19)17(23)20-18)15(11)10-24-14-7-4-6-13(9-14)12(2)22/h3-9H,10,18-19H2,1-2H3,(H,20,23). The van der Waals surface area contributed by atoms with Crippen molar-refractivity contribution in [3.63, 3.8) is 0 Å². The lowest BCUT2D eigenvalue weighted by Gasteiger charge is -2.21. The van der Waals surface area contributed by atoms with Crippen molar-refractivity contribution in [2.24, 2.45) is 11.7 Å². The molecule has 2 rings (SSSR count). The van der Waals surface area contributed by atoms with Gasteiger partial charge in [0.25, 0.3) is 0 Å². The van der Waals surface area contributed by atoms with Crippen molar-refractivity contribution in [1.29, 1.82) is 0 Å². The normalized spacial score (nSPS) is 10.2. The summed E-state index contributed by atoms with van der Waals surface area (Å²) in [6, 6.07) is 11.7. The molecule has 0 bridgehead atoms. The van der Waals surface area contributed by atoms with Gasteiger partial charge in [-0.15, -0.1) is 0 Å². The number of ketones is 1. The van der Waals surface area contributed by atoms with Crippen LogP contribution in [-0.4, -0.2) is 11.8 Å². The van der Waals surface area contributed by atoms with Crippen LogP contribution < -0.4 is 26.9 Å². The van der Waals surface area contributed by atoms with E-state index in [1.54, 1.807) is 36.4 Å². The van der Waals surface area contributed by atoms with E-state index in [2.05, 4.69) is 0 Å². The Balaban J connectivity index is 2.25. The Morgan fingerprint density at radius 3 is 2.58 bits per heavy atom. The minimum atomic E-state index is -0.638. The van der Waals surface area contributed by atoms with E-state index in [-0.39, 0.29) is 12.4 Å². The van der Waals surface area contributed by atoms with Crippen molar-refractivity contribution in [2.75, 3.05) is 5.01 Å². The third-order valence-corrected chi connectivity index (χ3v) is 3.61. The van der Waals surface area contributed by atoms with Gasteiger partial charge in [0.05, 0.1) is 5.69 Å². The van der Waals surface area contributed by atoms with E-state index in [4.69, 9.17) is 16.4 Å². The number of hydrogen-bond acceptors (Lipinski definition) is 5. The summed E-state index contributed by atoms with van der Waals surface area (Å²) in [6.07, 6.45) is 0. The summed E-state index contributed by atoms with van der Waals surface area (Å²) in [4.78, 5) is 23.1. The molecule has 0 radical (unpaired) electrons. The third-order valence-electron chi connectivity index (χ3n) is 3.61. The molecular formula is C17H20N4O3. The molecule has 0 aliphatic heterocycles. The second-order valence-electron chi connectivity index (χ2n) is 5.26. The molecule has 0 aliphatic rings. The number of nitrogens with two attached hydrogens (primary N) is 2. The first-order valence-corrected chi connectivity index (χ1v) is 7.31. The Labute approximate surface area is 140 Å². The number of amides is 2. The molecule has 0 aliphatic carbocycles. The number of nitrogens with one attached hydrogen (secondary N) is 1. The molecule has 126 valence electrons. The molecule has 5 N–H and O–H groups in total. The molecule has 0 unspecified atom stereocenters. The van der Waals surface area contributed by atoms with E-state index in [0.29, 0.717) is 17.0 Å². The maximum Gasteiger partial charge on any atom is 0.350 e. The Morgan fingerprint density at radius 2 is 1.92 bits per heavy atom. The fourth-order valence-electron chi connectivity index (χ4n) is 2.24. The van der Waals surface area contributed by atoms with Gasteiger partial charge in [-0.05, 0) is 37.6 Å². The van der Waals surface area contributed by atoms with E-state index in [1.165, 1.54) is 6.92 Å². The zero-order chi connectivity index (χ0) is 17.7. The fraction of sp³-hybridized carbons (Fsp3) is 0.176. The monoisotopic (exact) mass is 328 g/mol. The quantitative estimate of drug-likeness (QED) is 0.337. The molecular weight excluding hydrogens is 308 g/mol. The summed E-state index contributed by atoms with van der Waals surface area (Å²) >= 11 is 0. The number of nitrogens with zero attached hydrogens (tertiary/aromatic N) is 1. The van der Waals surface area contributed by atoms with Gasteiger partial charge in [-0.1, -0.05) is 24.3 Å². The van der Waals surface area contributed by atoms with Gasteiger partial charge in [-0.2, -0.15) is 0 Å². The molecule has 2 aromatic carbocycles. The number of hydrogen-bond donors (Lipinski definition) is 3. The number of carbonyl (C=O) groups is 2. The minimum absolute atomic E-state index is 0.0372. The molecule has 0 saturated heterocycles. The number of rotatable bonds is 5. The van der Waals surface area contributed by atoms with Crippen LogP contribution >= 0.6 is 0 Å². The lowest BCUT2D eigenvalue weighted by molar-refractivity contribution is 0.101. The Bertz CT molecular complexity index is 761. The van der Waals surface area contributed by atoms with Gasteiger partial charge >= 0.3 is 6.03 Å². The zero-order valence-electron chi connectivity index (χ0n) is 13.6. The molecule has 2 amide bonds. The Morgan fingerprint density at radius 1 is 1.21 bits per heavy atom. The van der Waals surface area contributed by atoms with Crippen LogP contribution in [-0.2, 0) is 6.61 Å². The topological polar surface area (TPSA) is 111 Å². The molecule has 0 spiro atoms. The number of carbonyl (C=O) groups excluding carboxylic acids is 2. The summed E-state index contributed by atoms with van der Waals surface area (Å²) < 4.78 is 5.77. The van der Waals surface area contributed by atoms with E-state index >= 15 is 0 Å². The highest BCUT2D eigenvalue weighted by Gasteiger charge is 2.16. The maximum absolute atomic E-state index is 11.7. The zero-order valence-corrected chi connectivity index (χ0v) is 13.6. The van der Waals surface area contributed by atoms with Crippen molar-refractivity contribution in [1.82, 2.24) is 5.43 Å². The second kappa shape index (κ2) is 7.58. The summed E-state index contributed by atoms with van der Waals surface area (Å²) in [5.74, 6) is 11.4. The van der Waals surface area contributed by atoms with Crippen LogP contribution in [0.25, 0.3) is 0 Å². The molecule has 7 heteroatoms. The van der Waals surface area contributed by atoms with Crippen molar-refractivity contribution >= 4 is 17.5 Å². The SMILES string of the molecule is CC(=O)c1cccc(OCc2c(C)cccc2N(N)C(=O)NN)c1. The van der Waals surface area contributed by atoms with Crippen LogP contribution in [0.4, 0.5) is 10.5 Å². The smallest absolute Gasteiger partial charge is 0.350 e. The molecule has 24 heavy (non-hydrogen) atoms. The predicted octanol–water partition coefficient (Wildman–Crippen LogP) is 2.04. The molecule has 2 aromatic rings. The fourth-order valence-corrected chi connectivity index (χ4v) is 2.24. The first kappa shape index (κ1) is 17.5.